The fraction of sp³-hybridized carbons (Fsp3) is 0.632. The molecule has 1 atom stereocenters. The largest absolute Gasteiger partial charge is 0.486 e. The van der Waals surface area contributed by atoms with Crippen LogP contribution >= 0.6 is 0 Å². The predicted molar refractivity (Wildman–Crippen MR) is 92.9 cm³/mol. The zero-order valence-electron chi connectivity index (χ0n) is 14.5. The zero-order chi connectivity index (χ0) is 17.1. The van der Waals surface area contributed by atoms with Crippen molar-refractivity contribution in [1.29, 1.82) is 0 Å². The van der Waals surface area contributed by atoms with Gasteiger partial charge in [0.2, 0.25) is 5.91 Å². The van der Waals surface area contributed by atoms with E-state index in [0.29, 0.717) is 26.2 Å². The van der Waals surface area contributed by atoms with Crippen molar-refractivity contribution in [2.75, 3.05) is 33.0 Å². The number of ether oxygens (including phenoxy) is 3. The standard InChI is InChI=1S/C19H26N2O4/c22-18(12-15-13-23-8-7-20-15)21-19(5-1-2-6-19)14-3-4-16-17(11-14)25-10-9-24-16/h3-4,11,15,20H,1-2,5-10,12-13H2,(H,21,22). The van der Waals surface area contributed by atoms with E-state index in [4.69, 9.17) is 14.2 Å². The molecule has 1 aromatic carbocycles. The Bertz CT molecular complexity index is 622. The fourth-order valence-corrected chi connectivity index (χ4v) is 4.10. The normalized spacial score (nSPS) is 24.7. The second-order valence-corrected chi connectivity index (χ2v) is 7.13. The van der Waals surface area contributed by atoms with Crippen LogP contribution in [0, 0.1) is 0 Å². The van der Waals surface area contributed by atoms with E-state index in [1.54, 1.807) is 0 Å². The Morgan fingerprint density at radius 1 is 1.16 bits per heavy atom. The van der Waals surface area contributed by atoms with Crippen molar-refractivity contribution < 1.29 is 19.0 Å². The van der Waals surface area contributed by atoms with Gasteiger partial charge in [-0.15, -0.1) is 0 Å². The number of rotatable bonds is 4. The average molecular weight is 346 g/mol. The minimum Gasteiger partial charge on any atom is -0.486 e. The lowest BCUT2D eigenvalue weighted by Crippen LogP contribution is -2.48. The molecule has 4 rings (SSSR count). The van der Waals surface area contributed by atoms with Crippen LogP contribution in [0.15, 0.2) is 18.2 Å². The van der Waals surface area contributed by atoms with Crippen LogP contribution in [-0.4, -0.2) is 44.9 Å². The van der Waals surface area contributed by atoms with Gasteiger partial charge in [0, 0.05) is 19.0 Å². The summed E-state index contributed by atoms with van der Waals surface area (Å²) in [5.41, 5.74) is 0.832. The molecule has 1 saturated carbocycles. The summed E-state index contributed by atoms with van der Waals surface area (Å²) in [5.74, 6) is 1.66. The molecule has 1 aliphatic carbocycles. The van der Waals surface area contributed by atoms with Crippen LogP contribution in [0.5, 0.6) is 11.5 Å². The van der Waals surface area contributed by atoms with Gasteiger partial charge >= 0.3 is 0 Å². The second kappa shape index (κ2) is 7.22. The molecule has 2 heterocycles. The highest BCUT2D eigenvalue weighted by Gasteiger charge is 2.38. The van der Waals surface area contributed by atoms with Crippen LogP contribution in [0.2, 0.25) is 0 Å². The van der Waals surface area contributed by atoms with Crippen LogP contribution in [0.4, 0.5) is 0 Å². The van der Waals surface area contributed by atoms with Gasteiger partial charge < -0.3 is 24.8 Å². The Morgan fingerprint density at radius 2 is 1.96 bits per heavy atom. The highest BCUT2D eigenvalue weighted by Crippen LogP contribution is 2.42. The number of morpholine rings is 1. The van der Waals surface area contributed by atoms with Gasteiger partial charge in [-0.25, -0.2) is 0 Å². The number of benzene rings is 1. The van der Waals surface area contributed by atoms with Crippen LogP contribution < -0.4 is 20.1 Å². The molecule has 2 fully saturated rings. The van der Waals surface area contributed by atoms with Crippen molar-refractivity contribution in [3.8, 4) is 11.5 Å². The summed E-state index contributed by atoms with van der Waals surface area (Å²) >= 11 is 0. The molecule has 25 heavy (non-hydrogen) atoms. The van der Waals surface area contributed by atoms with Gasteiger partial charge in [0.05, 0.1) is 18.8 Å². The van der Waals surface area contributed by atoms with E-state index in [0.717, 1.165) is 55.9 Å². The SMILES string of the molecule is O=C(CC1COCCN1)NC1(c2ccc3c(c2)OCCO3)CCCC1. The van der Waals surface area contributed by atoms with E-state index >= 15 is 0 Å². The van der Waals surface area contributed by atoms with Crippen molar-refractivity contribution in [3.05, 3.63) is 23.8 Å². The first-order valence-electron chi connectivity index (χ1n) is 9.27. The van der Waals surface area contributed by atoms with E-state index in [9.17, 15) is 4.79 Å². The molecule has 0 radical (unpaired) electrons. The minimum absolute atomic E-state index is 0.0831. The molecule has 1 amide bonds. The van der Waals surface area contributed by atoms with E-state index in [2.05, 4.69) is 16.7 Å². The Balaban J connectivity index is 1.50. The molecule has 1 saturated heterocycles. The smallest absolute Gasteiger partial charge is 0.222 e. The number of carbonyl (C=O) groups excluding carboxylic acids is 1. The van der Waals surface area contributed by atoms with Gasteiger partial charge in [-0.1, -0.05) is 18.9 Å². The lowest BCUT2D eigenvalue weighted by atomic mass is 9.87. The molecule has 0 bridgehead atoms. The topological polar surface area (TPSA) is 68.8 Å². The molecular formula is C19H26N2O4. The summed E-state index contributed by atoms with van der Waals surface area (Å²) in [6.07, 6.45) is 4.63. The van der Waals surface area contributed by atoms with Crippen molar-refractivity contribution in [1.82, 2.24) is 10.6 Å². The van der Waals surface area contributed by atoms with Crippen molar-refractivity contribution in [2.24, 2.45) is 0 Å². The first-order chi connectivity index (χ1) is 12.3. The summed E-state index contributed by atoms with van der Waals surface area (Å²) < 4.78 is 16.8. The summed E-state index contributed by atoms with van der Waals surface area (Å²) in [4.78, 5) is 12.7. The maximum absolute atomic E-state index is 12.7. The van der Waals surface area contributed by atoms with Gasteiger partial charge in [0.25, 0.3) is 0 Å². The summed E-state index contributed by atoms with van der Waals surface area (Å²) in [6.45, 7) is 3.29. The van der Waals surface area contributed by atoms with E-state index < -0.39 is 0 Å². The number of hydrogen-bond donors (Lipinski definition) is 2. The number of amides is 1. The van der Waals surface area contributed by atoms with Gasteiger partial charge in [0.15, 0.2) is 11.5 Å². The van der Waals surface area contributed by atoms with Crippen molar-refractivity contribution in [2.45, 2.75) is 43.7 Å². The van der Waals surface area contributed by atoms with Crippen molar-refractivity contribution in [3.63, 3.8) is 0 Å². The van der Waals surface area contributed by atoms with E-state index in [1.165, 1.54) is 0 Å². The van der Waals surface area contributed by atoms with Gasteiger partial charge in [0.1, 0.15) is 13.2 Å². The number of carbonyl (C=O) groups is 1. The Hall–Kier alpha value is -1.79. The first kappa shape index (κ1) is 16.7. The first-order valence-corrected chi connectivity index (χ1v) is 9.27. The Kier molecular flexibility index (Phi) is 4.81. The third kappa shape index (κ3) is 3.60. The molecule has 2 aliphatic heterocycles. The molecule has 136 valence electrons. The molecule has 0 spiro atoms. The zero-order valence-corrected chi connectivity index (χ0v) is 14.5. The lowest BCUT2D eigenvalue weighted by Gasteiger charge is -2.33. The van der Waals surface area contributed by atoms with E-state index in [1.807, 2.05) is 12.1 Å². The van der Waals surface area contributed by atoms with Gasteiger partial charge in [-0.05, 0) is 30.5 Å². The molecule has 1 unspecified atom stereocenters. The fourth-order valence-electron chi connectivity index (χ4n) is 4.10. The number of hydrogen-bond acceptors (Lipinski definition) is 5. The highest BCUT2D eigenvalue weighted by molar-refractivity contribution is 5.78. The highest BCUT2D eigenvalue weighted by atomic mass is 16.6. The maximum atomic E-state index is 12.7. The Labute approximate surface area is 148 Å². The maximum Gasteiger partial charge on any atom is 0.222 e. The quantitative estimate of drug-likeness (QED) is 0.869. The van der Waals surface area contributed by atoms with Gasteiger partial charge in [-0.3, -0.25) is 4.79 Å². The number of nitrogens with one attached hydrogen (secondary N) is 2. The molecule has 2 N–H and O–H groups in total. The summed E-state index contributed by atoms with van der Waals surface area (Å²) in [7, 11) is 0. The third-order valence-corrected chi connectivity index (χ3v) is 5.36. The minimum atomic E-state index is -0.289. The Morgan fingerprint density at radius 3 is 2.72 bits per heavy atom. The summed E-state index contributed by atoms with van der Waals surface area (Å²) in [5, 5.41) is 6.68. The molecule has 6 heteroatoms. The average Bonchev–Trinajstić information content (AvgIpc) is 3.11. The molecular weight excluding hydrogens is 320 g/mol. The van der Waals surface area contributed by atoms with E-state index in [-0.39, 0.29) is 17.5 Å². The van der Waals surface area contributed by atoms with Crippen LogP contribution in [0.1, 0.15) is 37.7 Å². The van der Waals surface area contributed by atoms with Crippen molar-refractivity contribution >= 4 is 5.91 Å². The molecule has 1 aromatic rings. The number of fused-ring (bicyclic) bond motifs is 1. The van der Waals surface area contributed by atoms with Crippen LogP contribution in [0.3, 0.4) is 0 Å². The van der Waals surface area contributed by atoms with Crippen LogP contribution in [-0.2, 0) is 15.1 Å². The molecule has 0 aromatic heterocycles. The monoisotopic (exact) mass is 346 g/mol. The molecule has 3 aliphatic rings. The van der Waals surface area contributed by atoms with Crippen LogP contribution in [0.25, 0.3) is 0 Å². The van der Waals surface area contributed by atoms with Gasteiger partial charge in [-0.2, -0.15) is 0 Å². The second-order valence-electron chi connectivity index (χ2n) is 7.13. The third-order valence-electron chi connectivity index (χ3n) is 5.36. The molecule has 6 nitrogen and oxygen atoms in total. The predicted octanol–water partition coefficient (Wildman–Crippen LogP) is 1.72. The summed E-state index contributed by atoms with van der Waals surface area (Å²) in [6, 6.07) is 6.18. The lowest BCUT2D eigenvalue weighted by molar-refractivity contribution is -0.124.